The van der Waals surface area contributed by atoms with E-state index in [1.165, 1.54) is 32.1 Å². The fourth-order valence-electron chi connectivity index (χ4n) is 3.53. The summed E-state index contributed by atoms with van der Waals surface area (Å²) >= 11 is 0. The largest absolute Gasteiger partial charge is 0.376 e. The first kappa shape index (κ1) is 20.2. The van der Waals surface area contributed by atoms with E-state index in [2.05, 4.69) is 5.32 Å². The predicted octanol–water partition coefficient (Wildman–Crippen LogP) is 1.53. The summed E-state index contributed by atoms with van der Waals surface area (Å²) in [6.07, 6.45) is 5.93. The highest BCUT2D eigenvalue weighted by molar-refractivity contribution is 5.89. The van der Waals surface area contributed by atoms with Crippen molar-refractivity contribution in [1.29, 1.82) is 0 Å². The third-order valence-electron chi connectivity index (χ3n) is 5.48. The molecular weight excluding hydrogens is 318 g/mol. The van der Waals surface area contributed by atoms with Crippen LogP contribution in [0.5, 0.6) is 0 Å². The minimum atomic E-state index is -0.614. The second-order valence-corrected chi connectivity index (χ2v) is 8.03. The van der Waals surface area contributed by atoms with Crippen molar-refractivity contribution in [2.24, 2.45) is 23.5 Å². The molecule has 2 rings (SSSR count). The zero-order valence-corrected chi connectivity index (χ0v) is 16.0. The Balaban J connectivity index is 1.92. The average Bonchev–Trinajstić information content (AvgIpc) is 2.57. The lowest BCUT2D eigenvalue weighted by molar-refractivity contribution is -0.147. The van der Waals surface area contributed by atoms with E-state index >= 15 is 0 Å². The van der Waals surface area contributed by atoms with E-state index in [0.717, 1.165) is 0 Å². The van der Waals surface area contributed by atoms with Gasteiger partial charge in [0, 0.05) is 31.5 Å². The Hall–Kier alpha value is -1.14. The lowest BCUT2D eigenvalue weighted by atomic mass is 9.90. The van der Waals surface area contributed by atoms with Crippen LogP contribution >= 0.6 is 0 Å². The minimum absolute atomic E-state index is 0.0464. The van der Waals surface area contributed by atoms with Gasteiger partial charge in [-0.15, -0.1) is 0 Å². The first-order valence-corrected chi connectivity index (χ1v) is 9.83. The number of likely N-dealkylation sites (tertiary alicyclic amines) is 1. The summed E-state index contributed by atoms with van der Waals surface area (Å²) < 4.78 is 6.03. The topological polar surface area (TPSA) is 84.7 Å². The lowest BCUT2D eigenvalue weighted by Gasteiger charge is -2.41. The van der Waals surface area contributed by atoms with Gasteiger partial charge in [0.15, 0.2) is 0 Å². The maximum atomic E-state index is 12.8. The SMILES string of the molecule is CC(C)C(=O)NC(C(=O)N1CC(CN)C1)C(C)OCC1CCCCC1. The molecule has 0 aromatic heterocycles. The van der Waals surface area contributed by atoms with Crippen molar-refractivity contribution in [2.45, 2.75) is 65.0 Å². The van der Waals surface area contributed by atoms with Gasteiger partial charge < -0.3 is 20.7 Å². The summed E-state index contributed by atoms with van der Waals surface area (Å²) in [6, 6.07) is -0.614. The summed E-state index contributed by atoms with van der Waals surface area (Å²) in [4.78, 5) is 26.8. The van der Waals surface area contributed by atoms with Crippen LogP contribution in [0.2, 0.25) is 0 Å². The number of carbonyl (C=O) groups is 2. The van der Waals surface area contributed by atoms with Gasteiger partial charge in [0.1, 0.15) is 6.04 Å². The van der Waals surface area contributed by atoms with Crippen molar-refractivity contribution in [3.63, 3.8) is 0 Å². The van der Waals surface area contributed by atoms with Crippen molar-refractivity contribution in [1.82, 2.24) is 10.2 Å². The highest BCUT2D eigenvalue weighted by atomic mass is 16.5. The van der Waals surface area contributed by atoms with Gasteiger partial charge >= 0.3 is 0 Å². The van der Waals surface area contributed by atoms with E-state index in [9.17, 15) is 9.59 Å². The molecule has 6 nitrogen and oxygen atoms in total. The van der Waals surface area contributed by atoms with Crippen molar-refractivity contribution in [2.75, 3.05) is 26.2 Å². The molecule has 1 saturated carbocycles. The fraction of sp³-hybridized carbons (Fsp3) is 0.895. The number of rotatable bonds is 8. The Bertz CT molecular complexity index is 443. The van der Waals surface area contributed by atoms with Crippen LogP contribution in [0.1, 0.15) is 52.9 Å². The molecule has 2 unspecified atom stereocenters. The molecule has 2 amide bonds. The van der Waals surface area contributed by atoms with E-state index < -0.39 is 6.04 Å². The van der Waals surface area contributed by atoms with Crippen molar-refractivity contribution < 1.29 is 14.3 Å². The highest BCUT2D eigenvalue weighted by Crippen LogP contribution is 2.24. The zero-order valence-electron chi connectivity index (χ0n) is 16.0. The van der Waals surface area contributed by atoms with Crippen molar-refractivity contribution >= 4 is 11.8 Å². The van der Waals surface area contributed by atoms with E-state index in [-0.39, 0.29) is 23.8 Å². The summed E-state index contributed by atoms with van der Waals surface area (Å²) in [5.41, 5.74) is 5.65. The number of carbonyl (C=O) groups excluding carboxylic acids is 2. The third-order valence-corrected chi connectivity index (χ3v) is 5.48. The Morgan fingerprint density at radius 2 is 1.76 bits per heavy atom. The zero-order chi connectivity index (χ0) is 18.4. The monoisotopic (exact) mass is 353 g/mol. The molecule has 2 aliphatic rings. The summed E-state index contributed by atoms with van der Waals surface area (Å²) in [5, 5.41) is 2.90. The molecule has 3 N–H and O–H groups in total. The minimum Gasteiger partial charge on any atom is -0.376 e. The third kappa shape index (κ3) is 5.68. The Kier molecular flexibility index (Phi) is 7.69. The summed E-state index contributed by atoms with van der Waals surface area (Å²) in [5.74, 6) is 0.647. The van der Waals surface area contributed by atoms with Crippen LogP contribution in [0.25, 0.3) is 0 Å². The smallest absolute Gasteiger partial charge is 0.247 e. The van der Waals surface area contributed by atoms with Gasteiger partial charge in [-0.05, 0) is 32.2 Å². The van der Waals surface area contributed by atoms with Crippen LogP contribution < -0.4 is 11.1 Å². The molecule has 0 aromatic rings. The number of ether oxygens (including phenoxy) is 1. The van der Waals surface area contributed by atoms with Crippen LogP contribution in [0.3, 0.4) is 0 Å². The maximum absolute atomic E-state index is 12.8. The number of amides is 2. The van der Waals surface area contributed by atoms with Gasteiger partial charge in [-0.2, -0.15) is 0 Å². The maximum Gasteiger partial charge on any atom is 0.247 e. The summed E-state index contributed by atoms with van der Waals surface area (Å²) in [6.45, 7) is 8.19. The molecular formula is C19H35N3O3. The lowest BCUT2D eigenvalue weighted by Crippen LogP contribution is -2.61. The van der Waals surface area contributed by atoms with Gasteiger partial charge in [0.05, 0.1) is 6.10 Å². The standard InChI is InChI=1S/C19H35N3O3/c1-13(2)18(23)21-17(19(24)22-10-16(9-20)11-22)14(3)25-12-15-7-5-4-6-8-15/h13-17H,4-12,20H2,1-3H3,(H,21,23). The number of nitrogens with two attached hydrogens (primary N) is 1. The second-order valence-electron chi connectivity index (χ2n) is 8.03. The molecule has 0 spiro atoms. The number of nitrogens with one attached hydrogen (secondary N) is 1. The Labute approximate surface area is 151 Å². The van der Waals surface area contributed by atoms with Crippen molar-refractivity contribution in [3.05, 3.63) is 0 Å². The number of hydrogen-bond donors (Lipinski definition) is 2. The molecule has 0 bridgehead atoms. The van der Waals surface area contributed by atoms with Gasteiger partial charge in [0.2, 0.25) is 11.8 Å². The molecule has 2 fully saturated rings. The van der Waals surface area contributed by atoms with Gasteiger partial charge in [-0.1, -0.05) is 33.1 Å². The molecule has 1 aliphatic heterocycles. The molecule has 1 saturated heterocycles. The Morgan fingerprint density at radius 1 is 1.12 bits per heavy atom. The normalized spacial score (nSPS) is 21.7. The predicted molar refractivity (Wildman–Crippen MR) is 97.9 cm³/mol. The fourth-order valence-corrected chi connectivity index (χ4v) is 3.53. The van der Waals surface area contributed by atoms with E-state index in [4.69, 9.17) is 10.5 Å². The molecule has 2 atom stereocenters. The molecule has 25 heavy (non-hydrogen) atoms. The van der Waals surface area contributed by atoms with E-state index in [1.54, 1.807) is 4.90 Å². The molecule has 144 valence electrons. The number of nitrogens with zero attached hydrogens (tertiary/aromatic N) is 1. The van der Waals surface area contributed by atoms with E-state index in [1.807, 2.05) is 20.8 Å². The first-order valence-electron chi connectivity index (χ1n) is 9.83. The van der Waals surface area contributed by atoms with Gasteiger partial charge in [0.25, 0.3) is 0 Å². The molecule has 1 heterocycles. The van der Waals surface area contributed by atoms with Gasteiger partial charge in [-0.3, -0.25) is 9.59 Å². The first-order chi connectivity index (χ1) is 11.9. The highest BCUT2D eigenvalue weighted by Gasteiger charge is 2.37. The van der Waals surface area contributed by atoms with Crippen LogP contribution in [-0.4, -0.2) is 55.1 Å². The average molecular weight is 354 g/mol. The van der Waals surface area contributed by atoms with Crippen LogP contribution in [0.15, 0.2) is 0 Å². The van der Waals surface area contributed by atoms with Crippen LogP contribution in [0.4, 0.5) is 0 Å². The molecule has 0 aromatic carbocycles. The van der Waals surface area contributed by atoms with Gasteiger partial charge in [-0.25, -0.2) is 0 Å². The van der Waals surface area contributed by atoms with Crippen molar-refractivity contribution in [3.8, 4) is 0 Å². The van der Waals surface area contributed by atoms with Crippen LogP contribution in [-0.2, 0) is 14.3 Å². The second kappa shape index (κ2) is 9.53. The van der Waals surface area contributed by atoms with E-state index in [0.29, 0.717) is 38.1 Å². The Morgan fingerprint density at radius 3 is 2.32 bits per heavy atom. The van der Waals surface area contributed by atoms with Crippen LogP contribution in [0, 0.1) is 17.8 Å². The quantitative estimate of drug-likeness (QED) is 0.693. The summed E-state index contributed by atoms with van der Waals surface area (Å²) in [7, 11) is 0. The number of hydrogen-bond acceptors (Lipinski definition) is 4. The molecule has 1 aliphatic carbocycles. The molecule has 0 radical (unpaired) electrons. The molecule has 6 heteroatoms.